The molecule has 0 aromatic heterocycles. The monoisotopic (exact) mass is 372 g/mol. The highest BCUT2D eigenvalue weighted by atomic mass is 35.5. The summed E-state index contributed by atoms with van der Waals surface area (Å²) >= 11 is 12.1. The van der Waals surface area contributed by atoms with Crippen LogP contribution in [0, 0.1) is 0 Å². The molecule has 4 rings (SSSR count). The number of hydrogen-bond donors (Lipinski definition) is 0. The highest BCUT2D eigenvalue weighted by Gasteiger charge is 2.33. The quantitative estimate of drug-likeness (QED) is 0.650. The second kappa shape index (κ2) is 7.31. The van der Waals surface area contributed by atoms with Crippen LogP contribution in [0.4, 0.5) is 0 Å². The van der Waals surface area contributed by atoms with Crippen molar-refractivity contribution in [2.45, 2.75) is 38.4 Å². The Bertz CT molecular complexity index is 752. The van der Waals surface area contributed by atoms with E-state index in [-0.39, 0.29) is 0 Å². The summed E-state index contributed by atoms with van der Waals surface area (Å²) in [6.45, 7) is 2.03. The van der Waals surface area contributed by atoms with Gasteiger partial charge in [-0.1, -0.05) is 53.9 Å². The maximum Gasteiger partial charge on any atom is 0.101 e. The molecular weight excluding hydrogens is 351 g/mol. The van der Waals surface area contributed by atoms with Crippen LogP contribution in [0.3, 0.4) is 0 Å². The number of hydrogen-bond acceptors (Lipinski definition) is 2. The summed E-state index contributed by atoms with van der Waals surface area (Å²) in [7, 11) is 0. The molecule has 0 amide bonds. The summed E-state index contributed by atoms with van der Waals surface area (Å²) in [5.74, 6) is 0. The first kappa shape index (κ1) is 16.8. The molecule has 1 saturated heterocycles. The maximum atomic E-state index is 6.08. The largest absolute Gasteiger partial charge is 0.351 e. The van der Waals surface area contributed by atoms with Gasteiger partial charge in [0.15, 0.2) is 0 Å². The van der Waals surface area contributed by atoms with Gasteiger partial charge in [-0.15, -0.1) is 0 Å². The van der Waals surface area contributed by atoms with Gasteiger partial charge in [-0.05, 0) is 54.7 Å². The van der Waals surface area contributed by atoms with Crippen LogP contribution >= 0.6 is 23.2 Å². The minimum Gasteiger partial charge on any atom is -0.351 e. The van der Waals surface area contributed by atoms with Gasteiger partial charge in [0.25, 0.3) is 0 Å². The number of nitrogens with zero attached hydrogens (tertiary/aromatic N) is 2. The Morgan fingerprint density at radius 3 is 2.24 bits per heavy atom. The zero-order chi connectivity index (χ0) is 17.2. The van der Waals surface area contributed by atoms with Crippen molar-refractivity contribution in [3.05, 3.63) is 75.9 Å². The van der Waals surface area contributed by atoms with E-state index >= 15 is 0 Å². The topological polar surface area (TPSA) is 6.48 Å². The minimum atomic E-state index is 0.448. The molecule has 2 aromatic carbocycles. The van der Waals surface area contributed by atoms with Gasteiger partial charge < -0.3 is 9.80 Å². The minimum absolute atomic E-state index is 0.448. The van der Waals surface area contributed by atoms with Crippen LogP contribution in [0.2, 0.25) is 10.0 Å². The van der Waals surface area contributed by atoms with E-state index in [1.54, 1.807) is 0 Å². The van der Waals surface area contributed by atoms with E-state index in [9.17, 15) is 0 Å². The van der Waals surface area contributed by atoms with E-state index in [0.717, 1.165) is 23.1 Å². The fraction of sp³-hybridized carbons (Fsp3) is 0.333. The molecule has 2 aliphatic heterocycles. The summed E-state index contributed by atoms with van der Waals surface area (Å²) in [6.07, 6.45) is 7.85. The predicted octanol–water partition coefficient (Wildman–Crippen LogP) is 6.01. The second-order valence-corrected chi connectivity index (χ2v) is 7.72. The van der Waals surface area contributed by atoms with Crippen molar-refractivity contribution >= 4 is 28.9 Å². The molecule has 0 saturated carbocycles. The molecule has 0 spiro atoms. The van der Waals surface area contributed by atoms with E-state index in [4.69, 9.17) is 23.2 Å². The lowest BCUT2D eigenvalue weighted by molar-refractivity contribution is 0.153. The van der Waals surface area contributed by atoms with Crippen LogP contribution in [0.25, 0.3) is 5.70 Å². The SMILES string of the molecule is Clc1ccc(CN2C=C(c3ccc(Cl)cc3)N3CCCCCC23)cc1. The standard InChI is InChI=1S/C21H22Cl2N2/c22-18-9-5-16(6-10-18)14-24-15-20(17-7-11-19(23)12-8-17)25-13-3-1-2-4-21(24)25/h5-12,15,21H,1-4,13-14H2. The second-order valence-electron chi connectivity index (χ2n) is 6.84. The first-order valence-corrected chi connectivity index (χ1v) is 9.71. The molecule has 0 bridgehead atoms. The molecule has 2 aliphatic rings. The van der Waals surface area contributed by atoms with E-state index in [0.29, 0.717) is 6.17 Å². The fourth-order valence-electron chi connectivity index (χ4n) is 3.85. The summed E-state index contributed by atoms with van der Waals surface area (Å²) < 4.78 is 0. The van der Waals surface area contributed by atoms with Gasteiger partial charge in [0, 0.05) is 29.3 Å². The Morgan fingerprint density at radius 2 is 1.52 bits per heavy atom. The van der Waals surface area contributed by atoms with Crippen molar-refractivity contribution in [2.75, 3.05) is 6.54 Å². The van der Waals surface area contributed by atoms with Gasteiger partial charge >= 0.3 is 0 Å². The van der Waals surface area contributed by atoms with Crippen molar-refractivity contribution in [3.8, 4) is 0 Å². The predicted molar refractivity (Wildman–Crippen MR) is 105 cm³/mol. The van der Waals surface area contributed by atoms with Gasteiger partial charge in [-0.25, -0.2) is 0 Å². The molecule has 130 valence electrons. The van der Waals surface area contributed by atoms with Crippen molar-refractivity contribution in [2.24, 2.45) is 0 Å². The maximum absolute atomic E-state index is 6.08. The smallest absolute Gasteiger partial charge is 0.101 e. The fourth-order valence-corrected chi connectivity index (χ4v) is 4.10. The zero-order valence-electron chi connectivity index (χ0n) is 14.2. The first-order valence-electron chi connectivity index (χ1n) is 8.95. The number of rotatable bonds is 3. The molecule has 1 unspecified atom stereocenters. The Labute approximate surface area is 159 Å². The Morgan fingerprint density at radius 1 is 0.840 bits per heavy atom. The molecule has 2 aromatic rings. The number of halogens is 2. The van der Waals surface area contributed by atoms with E-state index < -0.39 is 0 Å². The summed E-state index contributed by atoms with van der Waals surface area (Å²) in [5.41, 5.74) is 3.86. The van der Waals surface area contributed by atoms with Gasteiger partial charge in [0.1, 0.15) is 6.17 Å². The number of benzene rings is 2. The van der Waals surface area contributed by atoms with Crippen LogP contribution in [0.1, 0.15) is 36.8 Å². The van der Waals surface area contributed by atoms with Gasteiger partial charge in [-0.2, -0.15) is 0 Å². The molecule has 0 N–H and O–H groups in total. The lowest BCUT2D eigenvalue weighted by atomic mass is 10.1. The van der Waals surface area contributed by atoms with Crippen molar-refractivity contribution in [1.82, 2.24) is 9.80 Å². The molecule has 0 radical (unpaired) electrons. The van der Waals surface area contributed by atoms with E-state index in [2.05, 4.69) is 40.3 Å². The average molecular weight is 373 g/mol. The van der Waals surface area contributed by atoms with Crippen LogP contribution in [-0.2, 0) is 6.54 Å². The van der Waals surface area contributed by atoms with E-state index in [1.807, 2.05) is 24.3 Å². The Hall–Kier alpha value is -1.64. The summed E-state index contributed by atoms with van der Waals surface area (Å²) in [5, 5.41) is 1.58. The third-order valence-electron chi connectivity index (χ3n) is 5.12. The van der Waals surface area contributed by atoms with Crippen molar-refractivity contribution in [3.63, 3.8) is 0 Å². The molecular formula is C21H22Cl2N2. The average Bonchev–Trinajstić information content (AvgIpc) is 2.80. The zero-order valence-corrected chi connectivity index (χ0v) is 15.7. The molecule has 25 heavy (non-hydrogen) atoms. The summed E-state index contributed by atoms with van der Waals surface area (Å²) in [4.78, 5) is 5.06. The lowest BCUT2D eigenvalue weighted by Crippen LogP contribution is -2.38. The number of fused-ring (bicyclic) bond motifs is 1. The third kappa shape index (κ3) is 3.65. The third-order valence-corrected chi connectivity index (χ3v) is 5.62. The molecule has 1 fully saturated rings. The molecule has 0 aliphatic carbocycles. The van der Waals surface area contributed by atoms with Crippen LogP contribution in [0.5, 0.6) is 0 Å². The first-order chi connectivity index (χ1) is 12.2. The highest BCUT2D eigenvalue weighted by molar-refractivity contribution is 6.30. The normalized spacial score (nSPS) is 20.2. The van der Waals surface area contributed by atoms with Gasteiger partial charge in [-0.3, -0.25) is 0 Å². The molecule has 2 nitrogen and oxygen atoms in total. The van der Waals surface area contributed by atoms with Gasteiger partial charge in [0.2, 0.25) is 0 Å². The molecule has 2 heterocycles. The lowest BCUT2D eigenvalue weighted by Gasteiger charge is -2.33. The molecule has 1 atom stereocenters. The highest BCUT2D eigenvalue weighted by Crippen LogP contribution is 2.36. The Kier molecular flexibility index (Phi) is 4.91. The van der Waals surface area contributed by atoms with Crippen molar-refractivity contribution in [1.29, 1.82) is 0 Å². The molecule has 4 heteroatoms. The van der Waals surface area contributed by atoms with Crippen LogP contribution in [0.15, 0.2) is 54.7 Å². The van der Waals surface area contributed by atoms with Crippen molar-refractivity contribution < 1.29 is 0 Å². The van der Waals surface area contributed by atoms with Gasteiger partial charge in [0.05, 0.1) is 5.70 Å². The van der Waals surface area contributed by atoms with Crippen LogP contribution < -0.4 is 0 Å². The Balaban J connectivity index is 1.64. The summed E-state index contributed by atoms with van der Waals surface area (Å²) in [6, 6.07) is 16.4. The van der Waals surface area contributed by atoms with E-state index in [1.165, 1.54) is 42.5 Å². The van der Waals surface area contributed by atoms with Crippen LogP contribution in [-0.4, -0.2) is 22.5 Å².